The molecule has 0 amide bonds. The van der Waals surface area contributed by atoms with Gasteiger partial charge in [0.2, 0.25) is 0 Å². The second-order valence-corrected chi connectivity index (χ2v) is 3.57. The maximum absolute atomic E-state index is 13.5. The molecule has 1 rings (SSSR count). The van der Waals surface area contributed by atoms with Crippen LogP contribution in [0.2, 0.25) is 0 Å². The van der Waals surface area contributed by atoms with E-state index in [9.17, 15) is 9.18 Å². The normalized spacial score (nSPS) is 11.5. The van der Waals surface area contributed by atoms with E-state index in [1.165, 1.54) is 19.2 Å². The summed E-state index contributed by atoms with van der Waals surface area (Å²) in [5.74, 6) is -1.74. The molecular formula is C11H13FN4O3. The van der Waals surface area contributed by atoms with Crippen LogP contribution in [0.25, 0.3) is 10.4 Å². The Morgan fingerprint density at radius 2 is 2.42 bits per heavy atom. The highest BCUT2D eigenvalue weighted by Gasteiger charge is 2.20. The predicted molar refractivity (Wildman–Crippen MR) is 65.3 cm³/mol. The summed E-state index contributed by atoms with van der Waals surface area (Å²) < 4.78 is 18.3. The van der Waals surface area contributed by atoms with E-state index in [0.717, 1.165) is 6.07 Å². The number of benzene rings is 1. The van der Waals surface area contributed by atoms with E-state index >= 15 is 0 Å². The lowest BCUT2D eigenvalue weighted by molar-refractivity contribution is -0.139. The zero-order valence-electron chi connectivity index (χ0n) is 10.2. The van der Waals surface area contributed by atoms with Gasteiger partial charge in [0.25, 0.3) is 0 Å². The first-order valence-corrected chi connectivity index (χ1v) is 5.40. The summed E-state index contributed by atoms with van der Waals surface area (Å²) >= 11 is 0. The van der Waals surface area contributed by atoms with Crippen LogP contribution in [0, 0.1) is 5.82 Å². The average Bonchev–Trinajstić information content (AvgIpc) is 2.38. The number of nitrogens with zero attached hydrogens (tertiary/aromatic N) is 3. The molecule has 0 aliphatic rings. The molecule has 0 heterocycles. The Labute approximate surface area is 108 Å². The van der Waals surface area contributed by atoms with Crippen molar-refractivity contribution < 1.29 is 19.0 Å². The smallest absolute Gasteiger partial charge is 0.325 e. The lowest BCUT2D eigenvalue weighted by atomic mass is 10.1. The zero-order chi connectivity index (χ0) is 14.3. The monoisotopic (exact) mass is 268 g/mol. The van der Waals surface area contributed by atoms with Crippen LogP contribution >= 0.6 is 0 Å². The van der Waals surface area contributed by atoms with Crippen LogP contribution in [0.5, 0.6) is 5.75 Å². The van der Waals surface area contributed by atoms with Gasteiger partial charge in [0, 0.05) is 18.0 Å². The predicted octanol–water partition coefficient (Wildman–Crippen LogP) is 1.86. The molecule has 8 heteroatoms. The van der Waals surface area contributed by atoms with Crippen molar-refractivity contribution in [3.05, 3.63) is 40.0 Å². The number of carboxylic acid groups (broad SMARTS) is 1. The van der Waals surface area contributed by atoms with E-state index in [0.29, 0.717) is 0 Å². The fourth-order valence-corrected chi connectivity index (χ4v) is 1.51. The van der Waals surface area contributed by atoms with E-state index < -0.39 is 17.8 Å². The van der Waals surface area contributed by atoms with E-state index in [1.807, 2.05) is 0 Å². The second kappa shape index (κ2) is 7.20. The molecule has 0 aliphatic heterocycles. The lowest BCUT2D eigenvalue weighted by Crippen LogP contribution is -2.30. The fraction of sp³-hybridized carbons (Fsp3) is 0.364. The number of ether oxygens (including phenoxy) is 1. The third-order valence-corrected chi connectivity index (χ3v) is 2.38. The number of carboxylic acids is 1. The van der Waals surface area contributed by atoms with Crippen molar-refractivity contribution in [3.63, 3.8) is 0 Å². The minimum absolute atomic E-state index is 0.0435. The Morgan fingerprint density at radius 3 is 2.95 bits per heavy atom. The van der Waals surface area contributed by atoms with Crippen molar-refractivity contribution in [2.24, 2.45) is 5.11 Å². The summed E-state index contributed by atoms with van der Waals surface area (Å²) in [6.45, 7) is 0.285. The van der Waals surface area contributed by atoms with Gasteiger partial charge in [0.15, 0.2) is 11.6 Å². The van der Waals surface area contributed by atoms with E-state index in [4.69, 9.17) is 15.4 Å². The molecule has 1 unspecified atom stereocenters. The first-order valence-electron chi connectivity index (χ1n) is 5.40. The molecule has 1 atom stereocenters. The Kier molecular flexibility index (Phi) is 5.59. The van der Waals surface area contributed by atoms with Crippen LogP contribution in [0.15, 0.2) is 23.3 Å². The van der Waals surface area contributed by atoms with Crippen LogP contribution in [0.4, 0.5) is 4.39 Å². The number of azide groups is 1. The summed E-state index contributed by atoms with van der Waals surface area (Å²) in [6.07, 6.45) is 0. The Morgan fingerprint density at radius 1 is 1.68 bits per heavy atom. The SMILES string of the molecule is COc1ccc(C(NCCN=[N+]=[N-])C(=O)O)cc1F. The molecule has 0 saturated carbocycles. The highest BCUT2D eigenvalue weighted by atomic mass is 19.1. The van der Waals surface area contributed by atoms with Crippen LogP contribution < -0.4 is 10.1 Å². The molecule has 0 aliphatic carbocycles. The molecule has 0 bridgehead atoms. The molecule has 1 aromatic carbocycles. The van der Waals surface area contributed by atoms with Gasteiger partial charge in [-0.05, 0) is 23.2 Å². The fourth-order valence-electron chi connectivity index (χ4n) is 1.51. The molecule has 0 saturated heterocycles. The molecule has 7 nitrogen and oxygen atoms in total. The average molecular weight is 268 g/mol. The van der Waals surface area contributed by atoms with E-state index in [2.05, 4.69) is 15.3 Å². The number of aliphatic carboxylic acids is 1. The van der Waals surface area contributed by atoms with Gasteiger partial charge in [-0.15, -0.1) is 0 Å². The van der Waals surface area contributed by atoms with Crippen molar-refractivity contribution in [1.82, 2.24) is 5.32 Å². The molecule has 19 heavy (non-hydrogen) atoms. The van der Waals surface area contributed by atoms with E-state index in [1.54, 1.807) is 0 Å². The quantitative estimate of drug-likeness (QED) is 0.340. The van der Waals surface area contributed by atoms with E-state index in [-0.39, 0.29) is 24.4 Å². The summed E-state index contributed by atoms with van der Waals surface area (Å²) in [5.41, 5.74) is 8.36. The minimum Gasteiger partial charge on any atom is -0.494 e. The number of carbonyl (C=O) groups is 1. The first-order chi connectivity index (χ1) is 9.10. The molecule has 102 valence electrons. The summed E-state index contributed by atoms with van der Waals surface area (Å²) in [7, 11) is 1.32. The minimum atomic E-state index is -1.15. The van der Waals surface area contributed by atoms with Gasteiger partial charge >= 0.3 is 5.97 Å². The molecule has 0 spiro atoms. The zero-order valence-corrected chi connectivity index (χ0v) is 10.2. The number of halogens is 1. The second-order valence-electron chi connectivity index (χ2n) is 3.57. The number of hydrogen-bond donors (Lipinski definition) is 2. The number of hydrogen-bond acceptors (Lipinski definition) is 4. The van der Waals surface area contributed by atoms with Crippen molar-refractivity contribution in [2.45, 2.75) is 6.04 Å². The molecule has 2 N–H and O–H groups in total. The number of nitrogens with one attached hydrogen (secondary N) is 1. The van der Waals surface area contributed by atoms with Crippen molar-refractivity contribution in [2.75, 3.05) is 20.2 Å². The largest absolute Gasteiger partial charge is 0.494 e. The lowest BCUT2D eigenvalue weighted by Gasteiger charge is -2.15. The summed E-state index contributed by atoms with van der Waals surface area (Å²) in [6, 6.07) is 2.84. The maximum atomic E-state index is 13.5. The highest BCUT2D eigenvalue weighted by molar-refractivity contribution is 5.75. The number of rotatable bonds is 7. The Bertz CT molecular complexity index is 503. The van der Waals surface area contributed by atoms with Crippen LogP contribution in [-0.4, -0.2) is 31.3 Å². The van der Waals surface area contributed by atoms with Gasteiger partial charge in [-0.1, -0.05) is 11.2 Å². The third kappa shape index (κ3) is 4.13. The van der Waals surface area contributed by atoms with Crippen molar-refractivity contribution in [3.8, 4) is 5.75 Å². The molecular weight excluding hydrogens is 255 g/mol. The third-order valence-electron chi connectivity index (χ3n) is 2.38. The van der Waals surface area contributed by atoms with Crippen LogP contribution in [0.3, 0.4) is 0 Å². The summed E-state index contributed by atoms with van der Waals surface area (Å²) in [4.78, 5) is 13.7. The Hall–Kier alpha value is -2.31. The van der Waals surface area contributed by atoms with Gasteiger partial charge in [0.05, 0.1) is 7.11 Å². The molecule has 1 aromatic rings. The molecule has 0 fully saturated rings. The van der Waals surface area contributed by atoms with Gasteiger partial charge < -0.3 is 15.2 Å². The standard InChI is InChI=1S/C11H13FN4O3/c1-19-9-3-2-7(6-8(9)12)10(11(17)18)14-4-5-15-16-13/h2-3,6,10,14H,4-5H2,1H3,(H,17,18). The van der Waals surface area contributed by atoms with Crippen LogP contribution in [0.1, 0.15) is 11.6 Å². The van der Waals surface area contributed by atoms with Gasteiger partial charge in [-0.2, -0.15) is 0 Å². The maximum Gasteiger partial charge on any atom is 0.325 e. The highest BCUT2D eigenvalue weighted by Crippen LogP contribution is 2.22. The first kappa shape index (κ1) is 14.7. The van der Waals surface area contributed by atoms with Gasteiger partial charge in [-0.3, -0.25) is 4.79 Å². The van der Waals surface area contributed by atoms with Crippen molar-refractivity contribution >= 4 is 5.97 Å². The topological polar surface area (TPSA) is 107 Å². The van der Waals surface area contributed by atoms with Gasteiger partial charge in [0.1, 0.15) is 6.04 Å². The van der Waals surface area contributed by atoms with Crippen LogP contribution in [-0.2, 0) is 4.79 Å². The summed E-state index contributed by atoms with van der Waals surface area (Å²) in [5, 5.41) is 15.0. The molecule has 0 radical (unpaired) electrons. The van der Waals surface area contributed by atoms with Crippen molar-refractivity contribution in [1.29, 1.82) is 0 Å². The molecule has 0 aromatic heterocycles. The number of methoxy groups -OCH3 is 1. The Balaban J connectivity index is 2.83. The van der Waals surface area contributed by atoms with Gasteiger partial charge in [-0.25, -0.2) is 4.39 Å².